The zero-order valence-corrected chi connectivity index (χ0v) is 22.9. The van der Waals surface area contributed by atoms with Crippen LogP contribution in [-0.2, 0) is 14.3 Å². The van der Waals surface area contributed by atoms with E-state index in [1.807, 2.05) is 6.92 Å². The number of hydrogen-bond acceptors (Lipinski definition) is 5. The standard InChI is InChI=1S/C24H39N5O3.HI/c1-6-25-23(27-14-24(4,5)28-12-15(2)32-16(3)13-28)26-9-10-29-21(30)19-17-7-8-18(11-17)20(19)22(29)31;/h7-8,15-20H,6,9-14H2,1-5H3,(H2,25,26,27);1H. The fourth-order valence-electron chi connectivity index (χ4n) is 5.86. The maximum atomic E-state index is 12.9. The van der Waals surface area contributed by atoms with E-state index in [0.717, 1.165) is 32.0 Å². The molecule has 2 saturated heterocycles. The van der Waals surface area contributed by atoms with Gasteiger partial charge in [0.25, 0.3) is 0 Å². The number of carbonyl (C=O) groups excluding carboxylic acids is 2. The van der Waals surface area contributed by atoms with E-state index in [2.05, 4.69) is 55.4 Å². The minimum Gasteiger partial charge on any atom is -0.373 e. The van der Waals surface area contributed by atoms with Crippen LogP contribution in [0.1, 0.15) is 41.0 Å². The number of halogens is 1. The highest BCUT2D eigenvalue weighted by molar-refractivity contribution is 14.0. The molecule has 2 aliphatic carbocycles. The van der Waals surface area contributed by atoms with Crippen LogP contribution in [-0.4, -0.2) is 84.6 Å². The zero-order chi connectivity index (χ0) is 23.0. The van der Waals surface area contributed by atoms with Gasteiger partial charge in [-0.05, 0) is 52.9 Å². The molecule has 8 nitrogen and oxygen atoms in total. The van der Waals surface area contributed by atoms with Gasteiger partial charge in [-0.3, -0.25) is 24.4 Å². The molecule has 3 fully saturated rings. The van der Waals surface area contributed by atoms with Crippen LogP contribution in [0.5, 0.6) is 0 Å². The van der Waals surface area contributed by atoms with E-state index < -0.39 is 0 Å². The summed E-state index contributed by atoms with van der Waals surface area (Å²) in [6.07, 6.45) is 5.66. The minimum atomic E-state index is -0.126. The lowest BCUT2D eigenvalue weighted by atomic mass is 9.85. The molecule has 0 aromatic heterocycles. The maximum Gasteiger partial charge on any atom is 0.233 e. The molecule has 2 aliphatic heterocycles. The molecule has 0 radical (unpaired) electrons. The molecule has 0 aromatic carbocycles. The van der Waals surface area contributed by atoms with E-state index in [4.69, 9.17) is 9.73 Å². The molecule has 6 atom stereocenters. The normalized spacial score (nSPS) is 34.0. The van der Waals surface area contributed by atoms with E-state index >= 15 is 0 Å². The van der Waals surface area contributed by atoms with Gasteiger partial charge in [-0.2, -0.15) is 0 Å². The molecular weight excluding hydrogens is 533 g/mol. The summed E-state index contributed by atoms with van der Waals surface area (Å²) >= 11 is 0. The Bertz CT molecular complexity index is 761. The van der Waals surface area contributed by atoms with E-state index in [1.165, 1.54) is 4.90 Å². The number of fused-ring (bicyclic) bond motifs is 5. The Hall–Kier alpha value is -1.20. The number of nitrogens with one attached hydrogen (secondary N) is 2. The predicted molar refractivity (Wildman–Crippen MR) is 139 cm³/mol. The van der Waals surface area contributed by atoms with Crippen molar-refractivity contribution in [3.63, 3.8) is 0 Å². The van der Waals surface area contributed by atoms with Crippen LogP contribution in [0.25, 0.3) is 0 Å². The first kappa shape index (κ1) is 26.4. The largest absolute Gasteiger partial charge is 0.373 e. The highest BCUT2D eigenvalue weighted by Crippen LogP contribution is 2.52. The summed E-state index contributed by atoms with van der Waals surface area (Å²) in [5.41, 5.74) is -0.0980. The Morgan fingerprint density at radius 2 is 1.67 bits per heavy atom. The zero-order valence-electron chi connectivity index (χ0n) is 20.5. The van der Waals surface area contributed by atoms with Crippen molar-refractivity contribution in [1.82, 2.24) is 20.4 Å². The van der Waals surface area contributed by atoms with Crippen molar-refractivity contribution >= 4 is 41.8 Å². The average molecular weight is 574 g/mol. The second kappa shape index (κ2) is 10.6. The lowest BCUT2D eigenvalue weighted by Crippen LogP contribution is -2.56. The molecule has 2 bridgehead atoms. The Labute approximate surface area is 215 Å². The molecule has 2 amide bonds. The molecule has 4 rings (SSSR count). The van der Waals surface area contributed by atoms with Gasteiger partial charge in [0.05, 0.1) is 30.6 Å². The quantitative estimate of drug-likeness (QED) is 0.159. The van der Waals surface area contributed by atoms with Gasteiger partial charge >= 0.3 is 0 Å². The van der Waals surface area contributed by atoms with Gasteiger partial charge in [-0.15, -0.1) is 24.0 Å². The third-order valence-electron chi connectivity index (χ3n) is 7.43. The van der Waals surface area contributed by atoms with Crippen LogP contribution in [0, 0.1) is 23.7 Å². The molecular formula is C24H40IN5O3. The van der Waals surface area contributed by atoms with E-state index in [0.29, 0.717) is 19.6 Å². The molecule has 0 aromatic rings. The summed E-state index contributed by atoms with van der Waals surface area (Å²) in [4.78, 5) is 34.4. The maximum absolute atomic E-state index is 12.9. The number of morpholine rings is 1. The van der Waals surface area contributed by atoms with Crippen molar-refractivity contribution in [3.8, 4) is 0 Å². The first-order valence-electron chi connectivity index (χ1n) is 12.2. The van der Waals surface area contributed by atoms with Crippen molar-refractivity contribution in [1.29, 1.82) is 0 Å². The number of allylic oxidation sites excluding steroid dienone is 2. The van der Waals surface area contributed by atoms with Crippen LogP contribution in [0.15, 0.2) is 17.1 Å². The topological polar surface area (TPSA) is 86.3 Å². The predicted octanol–water partition coefficient (Wildman–Crippen LogP) is 1.85. The highest BCUT2D eigenvalue weighted by Gasteiger charge is 2.58. The number of guanidine groups is 1. The summed E-state index contributed by atoms with van der Waals surface area (Å²) < 4.78 is 5.87. The van der Waals surface area contributed by atoms with Crippen molar-refractivity contribution in [2.24, 2.45) is 28.7 Å². The summed E-state index contributed by atoms with van der Waals surface area (Å²) in [7, 11) is 0. The van der Waals surface area contributed by atoms with Gasteiger partial charge in [0, 0.05) is 38.3 Å². The highest BCUT2D eigenvalue weighted by atomic mass is 127. The van der Waals surface area contributed by atoms with Gasteiger partial charge < -0.3 is 15.4 Å². The van der Waals surface area contributed by atoms with Crippen LogP contribution < -0.4 is 10.6 Å². The van der Waals surface area contributed by atoms with Crippen LogP contribution >= 0.6 is 24.0 Å². The average Bonchev–Trinajstić information content (AvgIpc) is 3.41. The van der Waals surface area contributed by atoms with Gasteiger partial charge in [-0.25, -0.2) is 0 Å². The third kappa shape index (κ3) is 5.40. The number of ether oxygens (including phenoxy) is 1. The summed E-state index contributed by atoms with van der Waals surface area (Å²) in [5.74, 6) is 1.000. The molecule has 4 aliphatic rings. The third-order valence-corrected chi connectivity index (χ3v) is 7.43. The summed E-state index contributed by atoms with van der Waals surface area (Å²) in [6.45, 7) is 14.8. The van der Waals surface area contributed by atoms with Crippen molar-refractivity contribution in [2.45, 2.75) is 58.8 Å². The molecule has 1 saturated carbocycles. The number of imide groups is 1. The smallest absolute Gasteiger partial charge is 0.233 e. The summed E-state index contributed by atoms with van der Waals surface area (Å²) in [6, 6.07) is 0. The first-order chi connectivity index (χ1) is 15.2. The molecule has 0 spiro atoms. The molecule has 9 heteroatoms. The molecule has 33 heavy (non-hydrogen) atoms. The monoisotopic (exact) mass is 573 g/mol. The number of hydrogen-bond donors (Lipinski definition) is 2. The molecule has 2 heterocycles. The molecule has 2 N–H and O–H groups in total. The number of likely N-dealkylation sites (tertiary alicyclic amines) is 1. The second-order valence-electron chi connectivity index (χ2n) is 10.4. The van der Waals surface area contributed by atoms with Crippen molar-refractivity contribution < 1.29 is 14.3 Å². The number of carbonyl (C=O) groups is 2. The number of nitrogens with zero attached hydrogens (tertiary/aromatic N) is 3. The fraction of sp³-hybridized carbons (Fsp3) is 0.792. The Kier molecular flexibility index (Phi) is 8.48. The SMILES string of the molecule is CCNC(=NCC(C)(C)N1CC(C)OC(C)C1)NCCN1C(=O)C2C3C=CC(C3)C2C1=O.I. The summed E-state index contributed by atoms with van der Waals surface area (Å²) in [5, 5.41) is 6.60. The van der Waals surface area contributed by atoms with E-state index in [1.54, 1.807) is 0 Å². The lowest BCUT2D eigenvalue weighted by Gasteiger charge is -2.44. The lowest BCUT2D eigenvalue weighted by molar-refractivity contribution is -0.140. The first-order valence-corrected chi connectivity index (χ1v) is 12.2. The van der Waals surface area contributed by atoms with Gasteiger partial charge in [0.1, 0.15) is 0 Å². The number of rotatable bonds is 7. The van der Waals surface area contributed by atoms with Gasteiger partial charge in [-0.1, -0.05) is 12.2 Å². The Morgan fingerprint density at radius 3 is 2.21 bits per heavy atom. The number of amides is 2. The van der Waals surface area contributed by atoms with Gasteiger partial charge in [0.2, 0.25) is 11.8 Å². The van der Waals surface area contributed by atoms with Crippen LogP contribution in [0.2, 0.25) is 0 Å². The van der Waals surface area contributed by atoms with E-state index in [-0.39, 0.29) is 77.2 Å². The molecule has 186 valence electrons. The van der Waals surface area contributed by atoms with Gasteiger partial charge in [0.15, 0.2) is 5.96 Å². The van der Waals surface area contributed by atoms with Crippen molar-refractivity contribution in [3.05, 3.63) is 12.2 Å². The van der Waals surface area contributed by atoms with Crippen LogP contribution in [0.4, 0.5) is 0 Å². The minimum absolute atomic E-state index is 0. The number of aliphatic imine (C=N–C) groups is 1. The van der Waals surface area contributed by atoms with Crippen molar-refractivity contribution in [2.75, 3.05) is 39.3 Å². The Morgan fingerprint density at radius 1 is 1.09 bits per heavy atom. The fourth-order valence-corrected chi connectivity index (χ4v) is 5.86. The second-order valence-corrected chi connectivity index (χ2v) is 10.4. The molecule has 6 unspecified atom stereocenters. The van der Waals surface area contributed by atoms with E-state index in [9.17, 15) is 9.59 Å². The Balaban J connectivity index is 0.00000306. The van der Waals surface area contributed by atoms with Crippen LogP contribution in [0.3, 0.4) is 0 Å².